The van der Waals surface area contributed by atoms with Crippen LogP contribution in [0.3, 0.4) is 0 Å². The van der Waals surface area contributed by atoms with E-state index in [4.69, 9.17) is 5.26 Å². The van der Waals surface area contributed by atoms with Gasteiger partial charge in [0.15, 0.2) is 0 Å². The molecule has 1 nitrogen and oxygen atoms in total. The summed E-state index contributed by atoms with van der Waals surface area (Å²) in [5.41, 5.74) is 0. The van der Waals surface area contributed by atoms with Gasteiger partial charge in [0.2, 0.25) is 0 Å². The Bertz CT molecular complexity index is 232. The van der Waals surface area contributed by atoms with Gasteiger partial charge in [0.1, 0.15) is 0 Å². The zero-order valence-corrected chi connectivity index (χ0v) is 8.78. The molecule has 0 radical (unpaired) electrons. The number of hydrogen-bond donors (Lipinski definition) is 0. The summed E-state index contributed by atoms with van der Waals surface area (Å²) in [6, 6.07) is 2.40. The molecule has 1 atom stereocenters. The highest BCUT2D eigenvalue weighted by Gasteiger charge is 2.05. The second kappa shape index (κ2) is 7.38. The molecule has 0 saturated heterocycles. The summed E-state index contributed by atoms with van der Waals surface area (Å²) in [5, 5.41) is 8.90. The van der Waals surface area contributed by atoms with Gasteiger partial charge in [0.25, 0.3) is 0 Å². The first-order valence-electron chi connectivity index (χ1n) is 5.63. The molecule has 0 aromatic heterocycles. The van der Waals surface area contributed by atoms with E-state index < -0.39 is 0 Å². The number of allylic oxidation sites excluding steroid dienone is 4. The quantitative estimate of drug-likeness (QED) is 0.529. The molecule has 14 heavy (non-hydrogen) atoms. The maximum absolute atomic E-state index is 8.90. The largest absolute Gasteiger partial charge is 0.198 e. The van der Waals surface area contributed by atoms with Crippen LogP contribution in [0.2, 0.25) is 0 Å². The lowest BCUT2D eigenvalue weighted by Gasteiger charge is -2.06. The van der Waals surface area contributed by atoms with E-state index >= 15 is 0 Å². The number of nitrogens with zero attached hydrogens (tertiary/aromatic N) is 1. The molecule has 0 aromatic rings. The topological polar surface area (TPSA) is 23.8 Å². The molecule has 1 heteroatoms. The van der Waals surface area contributed by atoms with E-state index in [9.17, 15) is 0 Å². The van der Waals surface area contributed by atoms with Crippen LogP contribution in [0.1, 0.15) is 44.9 Å². The van der Waals surface area contributed by atoms with Crippen LogP contribution in [-0.2, 0) is 0 Å². The Morgan fingerprint density at radius 3 is 2.21 bits per heavy atom. The Labute approximate surface area is 87.1 Å². The molecule has 0 saturated carbocycles. The van der Waals surface area contributed by atoms with Gasteiger partial charge in [-0.3, -0.25) is 0 Å². The summed E-state index contributed by atoms with van der Waals surface area (Å²) in [7, 11) is 0. The van der Waals surface area contributed by atoms with Crippen molar-refractivity contribution >= 4 is 0 Å². The number of nitriles is 1. The Kier molecular flexibility index (Phi) is 5.82. The molecular formula is C13H19N. The molecule has 0 fully saturated rings. The van der Waals surface area contributed by atoms with Crippen LogP contribution in [0.15, 0.2) is 24.3 Å². The molecule has 0 spiro atoms. The molecule has 0 N–H and O–H groups in total. The van der Waals surface area contributed by atoms with Crippen LogP contribution in [-0.4, -0.2) is 0 Å². The highest BCUT2D eigenvalue weighted by Crippen LogP contribution is 2.15. The standard InChI is InChI=1S/C13H19N/c14-12-13-10-8-6-4-2-1-3-5-7-9-11-13/h2,4-5,7,13H,1,3,6,8-11H2/b4-2+,7-5+. The smallest absolute Gasteiger partial charge is 0.0655 e. The average molecular weight is 189 g/mol. The molecule has 1 unspecified atom stereocenters. The van der Waals surface area contributed by atoms with E-state index in [1.807, 2.05) is 0 Å². The van der Waals surface area contributed by atoms with Crippen molar-refractivity contribution in [1.29, 1.82) is 5.26 Å². The van der Waals surface area contributed by atoms with Crippen LogP contribution in [0.25, 0.3) is 0 Å². The Hall–Kier alpha value is -1.03. The molecule has 1 aliphatic rings. The second-order valence-corrected chi connectivity index (χ2v) is 3.85. The van der Waals surface area contributed by atoms with Gasteiger partial charge < -0.3 is 0 Å². The first kappa shape index (κ1) is 11.0. The minimum atomic E-state index is 0.271. The van der Waals surface area contributed by atoms with Gasteiger partial charge in [-0.05, 0) is 44.9 Å². The van der Waals surface area contributed by atoms with E-state index in [0.717, 1.165) is 38.5 Å². The summed E-state index contributed by atoms with van der Waals surface area (Å²) in [6.07, 6.45) is 16.8. The van der Waals surface area contributed by atoms with Crippen LogP contribution < -0.4 is 0 Å². The van der Waals surface area contributed by atoms with Gasteiger partial charge in [0, 0.05) is 5.92 Å². The SMILES string of the molecule is N#CC1CC/C=C/CC/C=C/CCC1. The van der Waals surface area contributed by atoms with Gasteiger partial charge >= 0.3 is 0 Å². The van der Waals surface area contributed by atoms with Crippen molar-refractivity contribution in [1.82, 2.24) is 0 Å². The van der Waals surface area contributed by atoms with Crippen molar-refractivity contribution in [2.24, 2.45) is 5.92 Å². The Balaban J connectivity index is 2.38. The third-order valence-corrected chi connectivity index (χ3v) is 2.62. The van der Waals surface area contributed by atoms with Gasteiger partial charge in [-0.15, -0.1) is 0 Å². The highest BCUT2D eigenvalue weighted by atomic mass is 14.3. The van der Waals surface area contributed by atoms with Gasteiger partial charge in [-0.25, -0.2) is 0 Å². The van der Waals surface area contributed by atoms with Crippen molar-refractivity contribution in [2.75, 3.05) is 0 Å². The molecule has 76 valence electrons. The van der Waals surface area contributed by atoms with E-state index in [1.54, 1.807) is 0 Å². The van der Waals surface area contributed by atoms with Crippen molar-refractivity contribution in [2.45, 2.75) is 44.9 Å². The lowest BCUT2D eigenvalue weighted by Crippen LogP contribution is -1.96. The van der Waals surface area contributed by atoms with E-state index in [0.29, 0.717) is 0 Å². The molecule has 0 aliphatic heterocycles. The summed E-state index contributed by atoms with van der Waals surface area (Å²) in [5.74, 6) is 0.271. The number of hydrogen-bond acceptors (Lipinski definition) is 1. The number of rotatable bonds is 0. The highest BCUT2D eigenvalue weighted by molar-refractivity contribution is 4.92. The summed E-state index contributed by atoms with van der Waals surface area (Å²) in [6.45, 7) is 0. The first-order chi connectivity index (χ1) is 6.93. The summed E-state index contributed by atoms with van der Waals surface area (Å²) < 4.78 is 0. The average Bonchev–Trinajstić information content (AvgIpc) is 2.19. The van der Waals surface area contributed by atoms with Gasteiger partial charge in [-0.2, -0.15) is 5.26 Å². The third kappa shape index (κ3) is 4.87. The van der Waals surface area contributed by atoms with Crippen LogP contribution in [0.5, 0.6) is 0 Å². The lowest BCUT2D eigenvalue weighted by atomic mass is 9.97. The maximum Gasteiger partial charge on any atom is 0.0655 e. The van der Waals surface area contributed by atoms with Crippen molar-refractivity contribution in [3.05, 3.63) is 24.3 Å². The van der Waals surface area contributed by atoms with Crippen LogP contribution in [0, 0.1) is 17.2 Å². The Morgan fingerprint density at radius 2 is 1.50 bits per heavy atom. The zero-order chi connectivity index (χ0) is 10.1. The van der Waals surface area contributed by atoms with Gasteiger partial charge in [0.05, 0.1) is 6.07 Å². The minimum Gasteiger partial charge on any atom is -0.198 e. The third-order valence-electron chi connectivity index (χ3n) is 2.62. The zero-order valence-electron chi connectivity index (χ0n) is 8.78. The first-order valence-corrected chi connectivity index (χ1v) is 5.63. The van der Waals surface area contributed by atoms with Crippen molar-refractivity contribution in [3.63, 3.8) is 0 Å². The van der Waals surface area contributed by atoms with Gasteiger partial charge in [-0.1, -0.05) is 24.3 Å². The fourth-order valence-electron chi connectivity index (χ4n) is 1.72. The molecule has 1 rings (SSSR count). The van der Waals surface area contributed by atoms with E-state index in [2.05, 4.69) is 30.4 Å². The fourth-order valence-corrected chi connectivity index (χ4v) is 1.72. The molecule has 0 heterocycles. The molecule has 0 bridgehead atoms. The van der Waals surface area contributed by atoms with E-state index in [-0.39, 0.29) is 5.92 Å². The fraction of sp³-hybridized carbons (Fsp3) is 0.615. The van der Waals surface area contributed by atoms with Crippen molar-refractivity contribution < 1.29 is 0 Å². The molecule has 0 aromatic carbocycles. The molecular weight excluding hydrogens is 170 g/mol. The predicted molar refractivity (Wildman–Crippen MR) is 59.7 cm³/mol. The predicted octanol–water partition coefficient (Wildman–Crippen LogP) is 3.98. The monoisotopic (exact) mass is 189 g/mol. The molecule has 1 aliphatic carbocycles. The normalized spacial score (nSPS) is 29.2. The summed E-state index contributed by atoms with van der Waals surface area (Å²) in [4.78, 5) is 0. The summed E-state index contributed by atoms with van der Waals surface area (Å²) >= 11 is 0. The van der Waals surface area contributed by atoms with E-state index in [1.165, 1.54) is 6.42 Å². The second-order valence-electron chi connectivity index (χ2n) is 3.85. The van der Waals surface area contributed by atoms with Crippen LogP contribution in [0.4, 0.5) is 0 Å². The Morgan fingerprint density at radius 1 is 0.857 bits per heavy atom. The maximum atomic E-state index is 8.90. The minimum absolute atomic E-state index is 0.271. The lowest BCUT2D eigenvalue weighted by molar-refractivity contribution is 0.539. The van der Waals surface area contributed by atoms with Crippen molar-refractivity contribution in [3.8, 4) is 6.07 Å². The molecule has 0 amide bonds. The van der Waals surface area contributed by atoms with Crippen LogP contribution >= 0.6 is 0 Å².